The average molecular weight is 259 g/mol. The van der Waals surface area contributed by atoms with E-state index in [1.165, 1.54) is 40.3 Å². The van der Waals surface area contributed by atoms with Gasteiger partial charge >= 0.3 is 0 Å². The van der Waals surface area contributed by atoms with E-state index in [0.717, 1.165) is 6.54 Å². The van der Waals surface area contributed by atoms with E-state index in [1.54, 1.807) is 0 Å². The van der Waals surface area contributed by atoms with Crippen LogP contribution in [0.15, 0.2) is 36.4 Å². The van der Waals surface area contributed by atoms with Crippen LogP contribution in [0.1, 0.15) is 35.1 Å². The van der Waals surface area contributed by atoms with Crippen molar-refractivity contribution in [2.45, 2.75) is 39.7 Å². The second kappa shape index (κ2) is 6.60. The third kappa shape index (κ3) is 3.88. The van der Waals surface area contributed by atoms with Gasteiger partial charge in [-0.3, -0.25) is 0 Å². The predicted molar refractivity (Wildman–Crippen MR) is 81.4 cm³/mol. The Bertz CT molecular complexity index is 470. The van der Waals surface area contributed by atoms with Gasteiger partial charge in [0.05, 0.1) is 0 Å². The van der Waals surface area contributed by atoms with E-state index in [2.05, 4.69) is 55.6 Å². The zero-order valence-corrected chi connectivity index (χ0v) is 12.0. The summed E-state index contributed by atoms with van der Waals surface area (Å²) in [6, 6.07) is 13.2. The molecule has 0 fully saturated rings. The van der Waals surface area contributed by atoms with Crippen LogP contribution in [0, 0.1) is 6.92 Å². The maximum absolute atomic E-state index is 3.47. The molecule has 0 saturated heterocycles. The Morgan fingerprint density at radius 2 is 1.83 bits per heavy atom. The zero-order chi connectivity index (χ0) is 12.8. The molecule has 2 rings (SSSR count). The van der Waals surface area contributed by atoms with Gasteiger partial charge in [-0.2, -0.15) is 0 Å². The van der Waals surface area contributed by atoms with Gasteiger partial charge in [-0.25, -0.2) is 0 Å². The lowest BCUT2D eigenvalue weighted by atomic mass is 10.1. The Balaban J connectivity index is 1.86. The number of benzene rings is 1. The monoisotopic (exact) mass is 259 g/mol. The van der Waals surface area contributed by atoms with E-state index in [9.17, 15) is 0 Å². The van der Waals surface area contributed by atoms with Crippen molar-refractivity contribution in [1.82, 2.24) is 0 Å². The van der Waals surface area contributed by atoms with Crippen molar-refractivity contribution in [3.63, 3.8) is 0 Å². The predicted octanol–water partition coefficient (Wildman–Crippen LogP) is 5.01. The topological polar surface area (TPSA) is 12.0 Å². The van der Waals surface area contributed by atoms with Gasteiger partial charge in [0.1, 0.15) is 0 Å². The van der Waals surface area contributed by atoms with Crippen LogP contribution in [-0.4, -0.2) is 0 Å². The maximum Gasteiger partial charge on any atom is 0.0494 e. The van der Waals surface area contributed by atoms with Crippen LogP contribution in [0.5, 0.6) is 0 Å². The van der Waals surface area contributed by atoms with Crippen molar-refractivity contribution in [2.75, 3.05) is 5.32 Å². The molecule has 18 heavy (non-hydrogen) atoms. The van der Waals surface area contributed by atoms with Gasteiger partial charge < -0.3 is 5.32 Å². The van der Waals surface area contributed by atoms with Crippen LogP contribution in [0.3, 0.4) is 0 Å². The molecule has 0 spiro atoms. The summed E-state index contributed by atoms with van der Waals surface area (Å²) in [6.45, 7) is 5.31. The van der Waals surface area contributed by atoms with Crippen LogP contribution in [0.4, 0.5) is 5.69 Å². The molecule has 2 heteroatoms. The largest absolute Gasteiger partial charge is 0.380 e. The second-order valence-electron chi connectivity index (χ2n) is 4.67. The number of thiophene rings is 1. The van der Waals surface area contributed by atoms with E-state index < -0.39 is 0 Å². The molecule has 1 heterocycles. The fourth-order valence-electron chi connectivity index (χ4n) is 1.94. The molecule has 0 aliphatic carbocycles. The van der Waals surface area contributed by atoms with Crippen LogP contribution >= 0.6 is 11.3 Å². The average Bonchev–Trinajstić information content (AvgIpc) is 2.81. The van der Waals surface area contributed by atoms with Crippen molar-refractivity contribution in [2.24, 2.45) is 0 Å². The first-order valence-corrected chi connectivity index (χ1v) is 7.47. The molecular formula is C16H21NS. The first-order valence-electron chi connectivity index (χ1n) is 6.66. The molecule has 0 aliphatic rings. The molecule has 0 saturated carbocycles. The number of aryl methyl sites for hydroxylation is 2. The molecule has 0 aliphatic heterocycles. The number of hydrogen-bond acceptors (Lipinski definition) is 2. The molecule has 1 aromatic heterocycles. The number of anilines is 1. The highest BCUT2D eigenvalue weighted by molar-refractivity contribution is 7.11. The smallest absolute Gasteiger partial charge is 0.0494 e. The second-order valence-corrected chi connectivity index (χ2v) is 6.04. The molecule has 1 nitrogen and oxygen atoms in total. The van der Waals surface area contributed by atoms with Crippen LogP contribution in [0.2, 0.25) is 0 Å². The lowest BCUT2D eigenvalue weighted by Gasteiger charge is -2.06. The molecule has 0 atom stereocenters. The van der Waals surface area contributed by atoms with Gasteiger partial charge in [0.2, 0.25) is 0 Å². The minimum absolute atomic E-state index is 0.923. The molecule has 1 N–H and O–H groups in total. The van der Waals surface area contributed by atoms with Gasteiger partial charge in [-0.15, -0.1) is 11.3 Å². The fourth-order valence-corrected chi connectivity index (χ4v) is 2.77. The number of unbranched alkanes of at least 4 members (excludes halogenated alkanes) is 1. The van der Waals surface area contributed by atoms with Gasteiger partial charge in [-0.05, 0) is 49.6 Å². The molecule has 2 aromatic rings. The SMILES string of the molecule is CCCCc1ccc(NCc2ccc(C)s2)cc1. The minimum Gasteiger partial charge on any atom is -0.380 e. The first kappa shape index (κ1) is 13.2. The summed E-state index contributed by atoms with van der Waals surface area (Å²) in [5.74, 6) is 0. The fraction of sp³-hybridized carbons (Fsp3) is 0.375. The van der Waals surface area contributed by atoms with E-state index in [0.29, 0.717) is 0 Å². The lowest BCUT2D eigenvalue weighted by Crippen LogP contribution is -1.97. The third-order valence-corrected chi connectivity index (χ3v) is 4.04. The summed E-state index contributed by atoms with van der Waals surface area (Å²) in [6.07, 6.45) is 3.74. The minimum atomic E-state index is 0.923. The van der Waals surface area contributed by atoms with Crippen molar-refractivity contribution in [3.05, 3.63) is 51.7 Å². The van der Waals surface area contributed by atoms with Crippen molar-refractivity contribution in [1.29, 1.82) is 0 Å². The van der Waals surface area contributed by atoms with Gasteiger partial charge in [0, 0.05) is 22.0 Å². The summed E-state index contributed by atoms with van der Waals surface area (Å²) >= 11 is 1.86. The first-order chi connectivity index (χ1) is 8.78. The van der Waals surface area contributed by atoms with Gasteiger partial charge in [-0.1, -0.05) is 25.5 Å². The number of rotatable bonds is 6. The molecule has 1 aromatic carbocycles. The molecular weight excluding hydrogens is 238 g/mol. The van der Waals surface area contributed by atoms with Gasteiger partial charge in [0.25, 0.3) is 0 Å². The Labute approximate surface area is 114 Å². The third-order valence-electron chi connectivity index (χ3n) is 3.04. The van der Waals surface area contributed by atoms with Crippen molar-refractivity contribution < 1.29 is 0 Å². The highest BCUT2D eigenvalue weighted by Crippen LogP contribution is 2.17. The van der Waals surface area contributed by atoms with E-state index >= 15 is 0 Å². The zero-order valence-electron chi connectivity index (χ0n) is 11.2. The molecule has 0 amide bonds. The number of hydrogen-bond donors (Lipinski definition) is 1. The van der Waals surface area contributed by atoms with E-state index in [-0.39, 0.29) is 0 Å². The standard InChI is InChI=1S/C16H21NS/c1-3-4-5-14-7-9-15(10-8-14)17-12-16-11-6-13(2)18-16/h6-11,17H,3-5,12H2,1-2H3. The highest BCUT2D eigenvalue weighted by atomic mass is 32.1. The Morgan fingerprint density at radius 1 is 1.06 bits per heavy atom. The Morgan fingerprint density at radius 3 is 2.44 bits per heavy atom. The highest BCUT2D eigenvalue weighted by Gasteiger charge is 1.98. The quantitative estimate of drug-likeness (QED) is 0.768. The summed E-state index contributed by atoms with van der Waals surface area (Å²) < 4.78 is 0. The molecule has 96 valence electrons. The van der Waals surface area contributed by atoms with Crippen LogP contribution in [0.25, 0.3) is 0 Å². The molecule has 0 bridgehead atoms. The van der Waals surface area contributed by atoms with E-state index in [1.807, 2.05) is 11.3 Å². The molecule has 0 radical (unpaired) electrons. The number of nitrogens with one attached hydrogen (secondary N) is 1. The van der Waals surface area contributed by atoms with Gasteiger partial charge in [0.15, 0.2) is 0 Å². The lowest BCUT2D eigenvalue weighted by molar-refractivity contribution is 0.795. The van der Waals surface area contributed by atoms with E-state index in [4.69, 9.17) is 0 Å². The van der Waals surface area contributed by atoms with Crippen LogP contribution in [-0.2, 0) is 13.0 Å². The Hall–Kier alpha value is -1.28. The van der Waals surface area contributed by atoms with Crippen molar-refractivity contribution in [3.8, 4) is 0 Å². The summed E-state index contributed by atoms with van der Waals surface area (Å²) in [7, 11) is 0. The maximum atomic E-state index is 3.47. The van der Waals surface area contributed by atoms with Crippen molar-refractivity contribution >= 4 is 17.0 Å². The normalized spacial score (nSPS) is 10.6. The Kier molecular flexibility index (Phi) is 4.82. The summed E-state index contributed by atoms with van der Waals surface area (Å²) in [4.78, 5) is 2.77. The summed E-state index contributed by atoms with van der Waals surface area (Å²) in [5, 5.41) is 3.47. The molecule has 0 unspecified atom stereocenters. The van der Waals surface area contributed by atoms with Crippen LogP contribution < -0.4 is 5.32 Å². The summed E-state index contributed by atoms with van der Waals surface area (Å²) in [5.41, 5.74) is 2.65.